The van der Waals surface area contributed by atoms with E-state index in [0.717, 1.165) is 34.1 Å². The minimum absolute atomic E-state index is 0.281. The fraction of sp³-hybridized carbons (Fsp3) is 0.190. The van der Waals surface area contributed by atoms with Crippen molar-refractivity contribution in [2.75, 3.05) is 12.8 Å². The molecule has 0 saturated heterocycles. The number of hydrogen-bond donors (Lipinski definition) is 1. The van der Waals surface area contributed by atoms with Crippen LogP contribution in [0, 0.1) is 12.7 Å². The number of fused-ring (bicyclic) bond motifs is 1. The summed E-state index contributed by atoms with van der Waals surface area (Å²) in [4.78, 5) is 12.8. The van der Waals surface area contributed by atoms with Crippen molar-refractivity contribution in [3.05, 3.63) is 59.7 Å². The number of pyridine rings is 2. The average Bonchev–Trinajstić information content (AvgIpc) is 2.65. The predicted molar refractivity (Wildman–Crippen MR) is 107 cm³/mol. The van der Waals surface area contributed by atoms with E-state index in [0.29, 0.717) is 16.9 Å². The van der Waals surface area contributed by atoms with Crippen LogP contribution in [0.25, 0.3) is 27.6 Å². The molecule has 0 amide bonds. The van der Waals surface area contributed by atoms with Crippen LogP contribution >= 0.6 is 0 Å². The van der Waals surface area contributed by atoms with Gasteiger partial charge in [0.05, 0.1) is 5.69 Å². The molecule has 4 nitrogen and oxygen atoms in total. The fourth-order valence-electron chi connectivity index (χ4n) is 2.94. The summed E-state index contributed by atoms with van der Waals surface area (Å²) in [5, 5.41) is 1.32. The SMILES string of the molecule is CC/C=C(\C=NC)c1cnc(N)c(-c2cc3c(C)ccc(F)c3cn2)c1. The van der Waals surface area contributed by atoms with Crippen LogP contribution in [-0.4, -0.2) is 23.2 Å². The summed E-state index contributed by atoms with van der Waals surface area (Å²) in [6.45, 7) is 4.01. The van der Waals surface area contributed by atoms with Gasteiger partial charge in [-0.1, -0.05) is 19.1 Å². The molecule has 0 aliphatic heterocycles. The number of halogens is 1. The largest absolute Gasteiger partial charge is 0.383 e. The molecule has 0 radical (unpaired) electrons. The first-order valence-electron chi connectivity index (χ1n) is 8.48. The highest BCUT2D eigenvalue weighted by Crippen LogP contribution is 2.30. The van der Waals surface area contributed by atoms with Crippen LogP contribution in [-0.2, 0) is 0 Å². The summed E-state index contributed by atoms with van der Waals surface area (Å²) in [6, 6.07) is 7.04. The van der Waals surface area contributed by atoms with E-state index in [1.54, 1.807) is 31.7 Å². The quantitative estimate of drug-likeness (QED) is 0.688. The van der Waals surface area contributed by atoms with E-state index in [-0.39, 0.29) is 5.82 Å². The first kappa shape index (κ1) is 17.7. The van der Waals surface area contributed by atoms with Gasteiger partial charge in [0.2, 0.25) is 0 Å². The Kier molecular flexibility index (Phi) is 5.07. The van der Waals surface area contributed by atoms with Gasteiger partial charge in [-0.05, 0) is 48.1 Å². The summed E-state index contributed by atoms with van der Waals surface area (Å²) in [5.41, 5.74) is 10.4. The first-order valence-corrected chi connectivity index (χ1v) is 8.48. The van der Waals surface area contributed by atoms with Crippen LogP contribution in [0.3, 0.4) is 0 Å². The monoisotopic (exact) mass is 348 g/mol. The highest BCUT2D eigenvalue weighted by Gasteiger charge is 2.12. The second kappa shape index (κ2) is 7.44. The van der Waals surface area contributed by atoms with E-state index in [1.807, 2.05) is 19.1 Å². The van der Waals surface area contributed by atoms with Crippen molar-refractivity contribution >= 4 is 28.4 Å². The lowest BCUT2D eigenvalue weighted by Crippen LogP contribution is -1.99. The van der Waals surface area contributed by atoms with Crippen molar-refractivity contribution in [1.29, 1.82) is 0 Å². The second-order valence-electron chi connectivity index (χ2n) is 6.09. The fourth-order valence-corrected chi connectivity index (χ4v) is 2.94. The van der Waals surface area contributed by atoms with E-state index in [4.69, 9.17) is 5.73 Å². The number of aromatic nitrogens is 2. The molecule has 0 spiro atoms. The Morgan fingerprint density at radius 1 is 1.19 bits per heavy atom. The number of benzene rings is 1. The van der Waals surface area contributed by atoms with Gasteiger partial charge < -0.3 is 5.73 Å². The third-order valence-corrected chi connectivity index (χ3v) is 4.29. The number of nitrogen functional groups attached to an aromatic ring is 1. The van der Waals surface area contributed by atoms with E-state index in [2.05, 4.69) is 28.0 Å². The molecule has 2 heterocycles. The van der Waals surface area contributed by atoms with Crippen LogP contribution in [0.4, 0.5) is 10.2 Å². The third-order valence-electron chi connectivity index (χ3n) is 4.29. The lowest BCUT2D eigenvalue weighted by molar-refractivity contribution is 0.639. The van der Waals surface area contributed by atoms with Crippen LogP contribution in [0.2, 0.25) is 0 Å². The van der Waals surface area contributed by atoms with Gasteiger partial charge >= 0.3 is 0 Å². The zero-order chi connectivity index (χ0) is 18.7. The van der Waals surface area contributed by atoms with E-state index in [9.17, 15) is 4.39 Å². The Hall–Kier alpha value is -3.08. The van der Waals surface area contributed by atoms with Crippen molar-refractivity contribution in [1.82, 2.24) is 9.97 Å². The second-order valence-corrected chi connectivity index (χ2v) is 6.09. The van der Waals surface area contributed by atoms with E-state index in [1.165, 1.54) is 6.07 Å². The average molecular weight is 348 g/mol. The Labute approximate surface area is 152 Å². The normalized spacial score (nSPS) is 12.2. The van der Waals surface area contributed by atoms with Crippen LogP contribution < -0.4 is 5.73 Å². The Bertz CT molecular complexity index is 1020. The maximum absolute atomic E-state index is 14.0. The minimum atomic E-state index is -0.281. The molecule has 0 fully saturated rings. The molecule has 0 aliphatic rings. The summed E-state index contributed by atoms with van der Waals surface area (Å²) in [7, 11) is 1.73. The van der Waals surface area contributed by atoms with Gasteiger partial charge in [-0.25, -0.2) is 9.37 Å². The highest BCUT2D eigenvalue weighted by molar-refractivity contribution is 6.10. The summed E-state index contributed by atoms with van der Waals surface area (Å²) in [6.07, 6.45) is 8.04. The number of nitrogens with two attached hydrogens (primary N) is 1. The molecule has 26 heavy (non-hydrogen) atoms. The maximum Gasteiger partial charge on any atom is 0.132 e. The van der Waals surface area contributed by atoms with Gasteiger partial charge in [-0.15, -0.1) is 0 Å². The zero-order valence-electron chi connectivity index (χ0n) is 15.1. The number of rotatable bonds is 4. The standard InChI is InChI=1S/C21H21FN4/c1-4-5-14(10-24-3)15-8-17(21(23)26-11-15)20-9-16-13(2)6-7-19(22)18(16)12-25-20/h5-12H,4H2,1-3H3,(H2,23,26)/b14-5+,24-10?. The number of hydrogen-bond acceptors (Lipinski definition) is 4. The molecule has 1 aromatic carbocycles. The number of aryl methyl sites for hydroxylation is 1. The molecule has 2 aromatic heterocycles. The number of nitrogens with zero attached hydrogens (tertiary/aromatic N) is 3. The smallest absolute Gasteiger partial charge is 0.132 e. The Morgan fingerprint density at radius 2 is 2.00 bits per heavy atom. The van der Waals surface area contributed by atoms with Gasteiger partial charge in [0, 0.05) is 42.2 Å². The van der Waals surface area contributed by atoms with Gasteiger partial charge in [0.15, 0.2) is 0 Å². The van der Waals surface area contributed by atoms with Crippen molar-refractivity contribution in [3.63, 3.8) is 0 Å². The molecule has 0 bridgehead atoms. The summed E-state index contributed by atoms with van der Waals surface area (Å²) in [5.74, 6) is 0.107. The molecular formula is C21H21FN4. The summed E-state index contributed by atoms with van der Waals surface area (Å²) < 4.78 is 14.0. The number of anilines is 1. The third kappa shape index (κ3) is 3.33. The van der Waals surface area contributed by atoms with Crippen LogP contribution in [0.15, 0.2) is 47.7 Å². The maximum atomic E-state index is 14.0. The van der Waals surface area contributed by atoms with E-state index < -0.39 is 0 Å². The Morgan fingerprint density at radius 3 is 2.73 bits per heavy atom. The van der Waals surface area contributed by atoms with E-state index >= 15 is 0 Å². The molecular weight excluding hydrogens is 327 g/mol. The van der Waals surface area contributed by atoms with Crippen LogP contribution in [0.1, 0.15) is 24.5 Å². The lowest BCUT2D eigenvalue weighted by Gasteiger charge is -2.10. The van der Waals surface area contributed by atoms with Gasteiger partial charge in [-0.2, -0.15) is 0 Å². The number of allylic oxidation sites excluding steroid dienone is 2. The topological polar surface area (TPSA) is 64.2 Å². The molecule has 3 aromatic rings. The lowest BCUT2D eigenvalue weighted by atomic mass is 10.0. The molecule has 132 valence electrons. The van der Waals surface area contributed by atoms with Crippen molar-refractivity contribution in [3.8, 4) is 11.3 Å². The van der Waals surface area contributed by atoms with Crippen LogP contribution in [0.5, 0.6) is 0 Å². The molecule has 2 N–H and O–H groups in total. The summed E-state index contributed by atoms with van der Waals surface area (Å²) >= 11 is 0. The Balaban J connectivity index is 2.18. The van der Waals surface area contributed by atoms with Gasteiger partial charge in [0.1, 0.15) is 11.6 Å². The molecule has 0 saturated carbocycles. The molecule has 0 aliphatic carbocycles. The first-order chi connectivity index (χ1) is 12.5. The van der Waals surface area contributed by atoms with Crippen molar-refractivity contribution < 1.29 is 4.39 Å². The zero-order valence-corrected chi connectivity index (χ0v) is 15.1. The molecule has 0 unspecified atom stereocenters. The van der Waals surface area contributed by atoms with Gasteiger partial charge in [0.25, 0.3) is 0 Å². The van der Waals surface area contributed by atoms with Gasteiger partial charge in [-0.3, -0.25) is 9.98 Å². The molecule has 0 atom stereocenters. The minimum Gasteiger partial charge on any atom is -0.383 e. The molecule has 3 rings (SSSR count). The van der Waals surface area contributed by atoms with Crippen molar-refractivity contribution in [2.45, 2.75) is 20.3 Å². The number of aliphatic imine (C=N–C) groups is 1. The predicted octanol–water partition coefficient (Wildman–Crippen LogP) is 4.82. The molecule has 5 heteroatoms. The highest BCUT2D eigenvalue weighted by atomic mass is 19.1. The van der Waals surface area contributed by atoms with Crippen molar-refractivity contribution in [2.24, 2.45) is 4.99 Å².